The first-order valence-corrected chi connectivity index (χ1v) is 24.3. The van der Waals surface area contributed by atoms with E-state index < -0.39 is 17.6 Å². The standard InChI is InChI=1S/C27H26F3N5O4.C12H15ClN4O3.C8H9Cl2N3O/c1-17-5-6-20(31-25(37)18-3-2-4-19(13-18)27(28,29)30)14-21(17)22-15-23(35-9-12-39-16-24(35)36)33-26(32-22)34-7-10-38-11-8-34;13-9-7-10(17-3-6-20-8-11(17)18)15-12(14-9)16-1-4-19-5-2-16;9-6-5-7(10)12-8(11-6)13-1-3-14-4-2-13/h2-6,13-15H,7-12,16H2,1H3,(H,31,37);7H,1-6,8H2;5H,1-4H2. The van der Waals surface area contributed by atoms with Crippen LogP contribution in [-0.4, -0.2) is 166 Å². The molecule has 20 nitrogen and oxygen atoms in total. The Morgan fingerprint density at radius 3 is 1.53 bits per heavy atom. The van der Waals surface area contributed by atoms with Crippen LogP contribution in [0.15, 0.2) is 60.7 Å². The lowest BCUT2D eigenvalue weighted by atomic mass is 10.0. The summed E-state index contributed by atoms with van der Waals surface area (Å²) in [6.07, 6.45) is -4.56. The van der Waals surface area contributed by atoms with Crippen molar-refractivity contribution >= 4 is 87.7 Å². The lowest BCUT2D eigenvalue weighted by Crippen LogP contribution is -2.43. The predicted molar refractivity (Wildman–Crippen MR) is 266 cm³/mol. The number of aromatic nitrogens is 6. The zero-order chi connectivity index (χ0) is 51.5. The average molecular weight is 1070 g/mol. The fourth-order valence-corrected chi connectivity index (χ4v) is 8.45. The van der Waals surface area contributed by atoms with E-state index in [0.29, 0.717) is 141 Å². The summed E-state index contributed by atoms with van der Waals surface area (Å²) in [6.45, 7) is 11.5. The maximum atomic E-state index is 13.1. The van der Waals surface area contributed by atoms with Crippen LogP contribution in [-0.2, 0) is 39.4 Å². The fraction of sp³-hybridized carbons (Fsp3) is 0.426. The minimum absolute atomic E-state index is 0.0394. The number of alkyl halides is 3. The Kier molecular flexibility index (Phi) is 18.1. The van der Waals surface area contributed by atoms with Gasteiger partial charge in [-0.15, -0.1) is 0 Å². The van der Waals surface area contributed by atoms with E-state index in [2.05, 4.69) is 30.2 Å². The fourth-order valence-electron chi connectivity index (χ4n) is 7.86. The number of ether oxygens (including phenoxy) is 5. The Balaban J connectivity index is 0.000000172. The number of morpholine rings is 5. The molecule has 0 atom stereocenters. The maximum absolute atomic E-state index is 13.1. The quantitative estimate of drug-likeness (QED) is 0.181. The molecule has 5 fully saturated rings. The Morgan fingerprint density at radius 2 is 1.03 bits per heavy atom. The highest BCUT2D eigenvalue weighted by Crippen LogP contribution is 2.32. The van der Waals surface area contributed by atoms with Gasteiger partial charge in [-0.1, -0.05) is 46.9 Å². The summed E-state index contributed by atoms with van der Waals surface area (Å²) in [7, 11) is 0. The van der Waals surface area contributed by atoms with Gasteiger partial charge in [0.2, 0.25) is 17.8 Å². The number of hydrogen-bond acceptors (Lipinski definition) is 17. The van der Waals surface area contributed by atoms with Crippen LogP contribution < -0.4 is 29.8 Å². The lowest BCUT2D eigenvalue weighted by Gasteiger charge is -2.30. The van der Waals surface area contributed by atoms with Crippen molar-refractivity contribution in [2.24, 2.45) is 0 Å². The zero-order valence-electron chi connectivity index (χ0n) is 39.5. The third-order valence-electron chi connectivity index (χ3n) is 11.7. The Labute approximate surface area is 432 Å². The van der Waals surface area contributed by atoms with Gasteiger partial charge in [0.1, 0.15) is 40.3 Å². The van der Waals surface area contributed by atoms with E-state index in [9.17, 15) is 27.6 Å². The molecule has 5 saturated heterocycles. The smallest absolute Gasteiger partial charge is 0.378 e. The maximum Gasteiger partial charge on any atom is 0.416 e. The number of halogens is 6. The van der Waals surface area contributed by atoms with E-state index in [1.165, 1.54) is 18.2 Å². The van der Waals surface area contributed by atoms with Gasteiger partial charge < -0.3 is 43.7 Å². The Bertz CT molecular complexity index is 2730. The van der Waals surface area contributed by atoms with Crippen molar-refractivity contribution in [2.45, 2.75) is 13.1 Å². The van der Waals surface area contributed by atoms with Crippen molar-refractivity contribution < 1.29 is 51.2 Å². The minimum atomic E-state index is -4.56. The minimum Gasteiger partial charge on any atom is -0.378 e. The molecule has 5 aromatic rings. The molecule has 1 N–H and O–H groups in total. The number of rotatable bonds is 8. The molecule has 0 aliphatic carbocycles. The van der Waals surface area contributed by atoms with Crippen molar-refractivity contribution in [3.05, 3.63) is 92.8 Å². The van der Waals surface area contributed by atoms with Crippen LogP contribution in [0.4, 0.5) is 48.3 Å². The van der Waals surface area contributed by atoms with E-state index in [0.717, 1.165) is 43.9 Å². The second-order valence-electron chi connectivity index (χ2n) is 16.6. The topological polar surface area (TPSA) is 203 Å². The van der Waals surface area contributed by atoms with E-state index in [-0.39, 0.29) is 30.6 Å². The molecule has 8 heterocycles. The molecule has 0 saturated carbocycles. The summed E-state index contributed by atoms with van der Waals surface area (Å²) in [4.78, 5) is 72.7. The van der Waals surface area contributed by atoms with Crippen molar-refractivity contribution in [2.75, 3.05) is 148 Å². The number of carbonyl (C=O) groups excluding carboxylic acids is 3. The molecular weight excluding hydrogens is 1020 g/mol. The Morgan fingerprint density at radius 1 is 0.562 bits per heavy atom. The molecule has 5 aliphatic rings. The largest absolute Gasteiger partial charge is 0.416 e. The number of hydrogen-bond donors (Lipinski definition) is 1. The number of nitrogens with zero attached hydrogens (tertiary/aromatic N) is 11. The van der Waals surface area contributed by atoms with Crippen LogP contribution in [0.2, 0.25) is 15.5 Å². The second kappa shape index (κ2) is 24.8. The third kappa shape index (κ3) is 14.4. The highest BCUT2D eigenvalue weighted by molar-refractivity contribution is 6.33. The lowest BCUT2D eigenvalue weighted by molar-refractivity contribution is -0.137. The molecule has 5 aliphatic heterocycles. The summed E-state index contributed by atoms with van der Waals surface area (Å²) in [5.41, 5.74) is 1.42. The van der Waals surface area contributed by atoms with E-state index in [4.69, 9.17) is 63.5 Å². The summed E-state index contributed by atoms with van der Waals surface area (Å²) in [5, 5.41) is 3.74. The SMILES string of the molecule is Cc1ccc(NC(=O)c2cccc(C(F)(F)F)c2)cc1-c1cc(N2CCOCC2=O)nc(N2CCOCC2)n1.Clc1cc(Cl)nc(N2CCOCC2)n1.O=C1COCCN1c1cc(Cl)nc(N2CCOCC2)n1. The third-order valence-corrected chi connectivity index (χ3v) is 12.2. The molecule has 0 spiro atoms. The summed E-state index contributed by atoms with van der Waals surface area (Å²) < 4.78 is 65.7. The Hall–Kier alpha value is -6.05. The monoisotopic (exact) mass is 1070 g/mol. The van der Waals surface area contributed by atoms with Gasteiger partial charge in [-0.25, -0.2) is 19.9 Å². The molecule has 10 rings (SSSR count). The molecule has 388 valence electrons. The molecule has 0 radical (unpaired) electrons. The van der Waals surface area contributed by atoms with Crippen molar-refractivity contribution in [1.82, 2.24) is 29.9 Å². The molecule has 0 unspecified atom stereocenters. The van der Waals surface area contributed by atoms with E-state index in [1.54, 1.807) is 40.1 Å². The van der Waals surface area contributed by atoms with Gasteiger partial charge in [0.05, 0.1) is 77.2 Å². The van der Waals surface area contributed by atoms with Crippen LogP contribution in [0.3, 0.4) is 0 Å². The van der Waals surface area contributed by atoms with Gasteiger partial charge in [-0.3, -0.25) is 24.2 Å². The van der Waals surface area contributed by atoms with Gasteiger partial charge in [0, 0.05) is 74.3 Å². The highest BCUT2D eigenvalue weighted by Gasteiger charge is 2.31. The predicted octanol–water partition coefficient (Wildman–Crippen LogP) is 5.87. The zero-order valence-corrected chi connectivity index (χ0v) is 41.7. The van der Waals surface area contributed by atoms with Crippen LogP contribution in [0.1, 0.15) is 21.5 Å². The number of anilines is 6. The molecular formula is C47H50Cl3F3N12O8. The van der Waals surface area contributed by atoms with Gasteiger partial charge in [-0.05, 0) is 42.8 Å². The number of aryl methyl sites for hydroxylation is 1. The van der Waals surface area contributed by atoms with Crippen molar-refractivity contribution in [3.8, 4) is 11.3 Å². The van der Waals surface area contributed by atoms with Gasteiger partial charge in [0.25, 0.3) is 17.7 Å². The molecule has 3 amide bonds. The first kappa shape index (κ1) is 53.2. The number of nitrogens with one attached hydrogen (secondary N) is 1. The van der Waals surface area contributed by atoms with Crippen LogP contribution in [0.5, 0.6) is 0 Å². The number of carbonyl (C=O) groups is 3. The first-order valence-electron chi connectivity index (χ1n) is 23.2. The van der Waals surface area contributed by atoms with Gasteiger partial charge in [0.15, 0.2) is 0 Å². The number of benzene rings is 2. The summed E-state index contributed by atoms with van der Waals surface area (Å²) in [5.74, 6) is 1.53. The molecule has 73 heavy (non-hydrogen) atoms. The molecule has 3 aromatic heterocycles. The average Bonchev–Trinajstić information content (AvgIpc) is 3.40. The van der Waals surface area contributed by atoms with Crippen LogP contribution >= 0.6 is 34.8 Å². The normalized spacial score (nSPS) is 17.6. The van der Waals surface area contributed by atoms with Crippen LogP contribution in [0.25, 0.3) is 11.3 Å². The molecule has 26 heteroatoms. The summed E-state index contributed by atoms with van der Waals surface area (Å²) in [6, 6.07) is 14.2. The molecule has 0 bridgehead atoms. The highest BCUT2D eigenvalue weighted by atomic mass is 35.5. The molecule has 2 aromatic carbocycles. The second-order valence-corrected chi connectivity index (χ2v) is 17.8. The summed E-state index contributed by atoms with van der Waals surface area (Å²) >= 11 is 17.6. The van der Waals surface area contributed by atoms with E-state index >= 15 is 0 Å². The van der Waals surface area contributed by atoms with Crippen molar-refractivity contribution in [3.63, 3.8) is 0 Å². The van der Waals surface area contributed by atoms with E-state index in [1.807, 2.05) is 21.6 Å². The van der Waals surface area contributed by atoms with Crippen LogP contribution in [0, 0.1) is 6.92 Å². The van der Waals surface area contributed by atoms with Gasteiger partial charge >= 0.3 is 6.18 Å². The number of amides is 3. The van der Waals surface area contributed by atoms with Crippen molar-refractivity contribution in [1.29, 1.82) is 0 Å². The first-order chi connectivity index (χ1) is 35.2. The van der Waals surface area contributed by atoms with Gasteiger partial charge in [-0.2, -0.15) is 23.1 Å².